The average Bonchev–Trinajstić information content (AvgIpc) is 3.04. The highest BCUT2D eigenvalue weighted by molar-refractivity contribution is 9.10. The molecule has 35 heavy (non-hydrogen) atoms. The summed E-state index contributed by atoms with van der Waals surface area (Å²) in [6.45, 7) is 9.74. The van der Waals surface area contributed by atoms with Crippen molar-refractivity contribution in [1.82, 2.24) is 14.8 Å². The third-order valence-corrected chi connectivity index (χ3v) is 7.70. The molecular weight excluding hydrogens is 500 g/mol. The zero-order chi connectivity index (χ0) is 24.8. The van der Waals surface area contributed by atoms with Crippen LogP contribution in [0, 0.1) is 12.8 Å². The summed E-state index contributed by atoms with van der Waals surface area (Å²) in [5.41, 5.74) is 12.0. The van der Waals surface area contributed by atoms with Gasteiger partial charge in [0.25, 0.3) is 0 Å². The number of aromatic nitrogens is 1. The first-order chi connectivity index (χ1) is 16.9. The van der Waals surface area contributed by atoms with Crippen LogP contribution in [-0.2, 0) is 11.2 Å². The molecule has 5 rings (SSSR count). The van der Waals surface area contributed by atoms with Crippen LogP contribution in [0.4, 0.5) is 0 Å². The van der Waals surface area contributed by atoms with Gasteiger partial charge in [0.1, 0.15) is 0 Å². The number of benzene rings is 1. The van der Waals surface area contributed by atoms with Crippen LogP contribution in [-0.4, -0.2) is 46.9 Å². The Kier molecular flexibility index (Phi) is 8.66. The zero-order valence-corrected chi connectivity index (χ0v) is 22.4. The van der Waals surface area contributed by atoms with Gasteiger partial charge < -0.3 is 15.5 Å². The van der Waals surface area contributed by atoms with Crippen LogP contribution in [0.5, 0.6) is 0 Å². The SMILES string of the molecule is C=C(N)N1CCC(CC(=O)N2CCCCC2)CC1.Cc1ccc2c(c1)C=Cc1cc(Br)cnc1C2. The van der Waals surface area contributed by atoms with Gasteiger partial charge in [-0.25, -0.2) is 0 Å². The summed E-state index contributed by atoms with van der Waals surface area (Å²) in [6, 6.07) is 8.72. The van der Waals surface area contributed by atoms with E-state index in [0.29, 0.717) is 17.6 Å². The highest BCUT2D eigenvalue weighted by Crippen LogP contribution is 2.26. The maximum atomic E-state index is 12.2. The van der Waals surface area contributed by atoms with Gasteiger partial charge in [-0.3, -0.25) is 9.78 Å². The number of piperidine rings is 2. The van der Waals surface area contributed by atoms with Gasteiger partial charge in [-0.1, -0.05) is 42.5 Å². The summed E-state index contributed by atoms with van der Waals surface area (Å²) in [5, 5.41) is 0. The molecule has 3 aliphatic rings. The Morgan fingerprint density at radius 3 is 2.49 bits per heavy atom. The Morgan fingerprint density at radius 2 is 1.77 bits per heavy atom. The summed E-state index contributed by atoms with van der Waals surface area (Å²) in [6.07, 6.45) is 13.6. The summed E-state index contributed by atoms with van der Waals surface area (Å²) in [5.74, 6) is 1.56. The van der Waals surface area contributed by atoms with Gasteiger partial charge >= 0.3 is 0 Å². The molecule has 1 aliphatic carbocycles. The number of hydrogen-bond donors (Lipinski definition) is 1. The van der Waals surface area contributed by atoms with E-state index in [1.807, 2.05) is 6.20 Å². The van der Waals surface area contributed by atoms with Crippen LogP contribution in [0.25, 0.3) is 12.2 Å². The maximum absolute atomic E-state index is 12.2. The molecule has 6 heteroatoms. The molecule has 1 amide bonds. The maximum Gasteiger partial charge on any atom is 0.222 e. The lowest BCUT2D eigenvalue weighted by atomic mass is 9.92. The molecule has 1 aromatic heterocycles. The highest BCUT2D eigenvalue weighted by atomic mass is 79.9. The number of nitrogens with zero attached hydrogens (tertiary/aromatic N) is 3. The van der Waals surface area contributed by atoms with E-state index >= 15 is 0 Å². The van der Waals surface area contributed by atoms with Gasteiger partial charge in [-0.15, -0.1) is 0 Å². The van der Waals surface area contributed by atoms with E-state index in [2.05, 4.69) is 80.6 Å². The van der Waals surface area contributed by atoms with E-state index in [9.17, 15) is 4.79 Å². The number of amides is 1. The molecule has 2 saturated heterocycles. The van der Waals surface area contributed by atoms with Gasteiger partial charge in [-0.05, 0) is 83.6 Å². The van der Waals surface area contributed by atoms with Crippen molar-refractivity contribution in [2.75, 3.05) is 26.2 Å². The van der Waals surface area contributed by atoms with E-state index in [4.69, 9.17) is 5.73 Å². The second-order valence-electron chi connectivity index (χ2n) is 9.97. The van der Waals surface area contributed by atoms with Crippen molar-refractivity contribution in [3.8, 4) is 0 Å². The Balaban J connectivity index is 0.000000165. The first-order valence-corrected chi connectivity index (χ1v) is 13.6. The molecular formula is C29H37BrN4O. The van der Waals surface area contributed by atoms with Crippen molar-refractivity contribution in [2.45, 2.75) is 51.9 Å². The Labute approximate surface area is 218 Å². The molecule has 0 atom stereocenters. The number of hydrogen-bond acceptors (Lipinski definition) is 4. The molecule has 0 saturated carbocycles. The summed E-state index contributed by atoms with van der Waals surface area (Å²) < 4.78 is 1.03. The minimum absolute atomic E-state index is 0.361. The first kappa shape index (κ1) is 25.5. The van der Waals surface area contributed by atoms with Crippen molar-refractivity contribution < 1.29 is 4.79 Å². The zero-order valence-electron chi connectivity index (χ0n) is 20.8. The largest absolute Gasteiger partial charge is 0.386 e. The highest BCUT2D eigenvalue weighted by Gasteiger charge is 2.24. The third-order valence-electron chi connectivity index (χ3n) is 7.26. The molecule has 5 nitrogen and oxygen atoms in total. The molecule has 2 aliphatic heterocycles. The van der Waals surface area contributed by atoms with E-state index in [-0.39, 0.29) is 0 Å². The Morgan fingerprint density at radius 1 is 1.06 bits per heavy atom. The monoisotopic (exact) mass is 536 g/mol. The lowest BCUT2D eigenvalue weighted by Gasteiger charge is -2.34. The first-order valence-electron chi connectivity index (χ1n) is 12.8. The number of pyridine rings is 1. The predicted molar refractivity (Wildman–Crippen MR) is 148 cm³/mol. The standard InChI is InChI=1S/C15H12BrN.C14H25N3O/c1-10-2-3-12-8-15-13(5-4-11(12)6-10)7-14(16)9-17-15;1-12(15)16-9-5-13(6-10-16)11-14(18)17-7-3-2-4-8-17/h2-7,9H,8H2,1H3;13H,1-11,15H2. The lowest BCUT2D eigenvalue weighted by Crippen LogP contribution is -2.39. The molecule has 0 spiro atoms. The molecule has 3 heterocycles. The van der Waals surface area contributed by atoms with Crippen molar-refractivity contribution in [1.29, 1.82) is 0 Å². The van der Waals surface area contributed by atoms with Crippen LogP contribution < -0.4 is 5.73 Å². The fourth-order valence-corrected chi connectivity index (χ4v) is 5.46. The average molecular weight is 538 g/mol. The number of halogens is 1. The number of carbonyl (C=O) groups is 1. The molecule has 2 fully saturated rings. The number of aryl methyl sites for hydroxylation is 1. The topological polar surface area (TPSA) is 62.5 Å². The number of likely N-dealkylation sites (tertiary alicyclic amines) is 2. The van der Waals surface area contributed by atoms with Gasteiger partial charge in [0.15, 0.2) is 0 Å². The second-order valence-corrected chi connectivity index (χ2v) is 10.9. The van der Waals surface area contributed by atoms with E-state index in [1.54, 1.807) is 0 Å². The third kappa shape index (κ3) is 6.97. The van der Waals surface area contributed by atoms with Gasteiger partial charge in [-0.2, -0.15) is 0 Å². The van der Waals surface area contributed by atoms with E-state index in [1.165, 1.54) is 41.5 Å². The van der Waals surface area contributed by atoms with Crippen LogP contribution >= 0.6 is 15.9 Å². The van der Waals surface area contributed by atoms with Gasteiger partial charge in [0.2, 0.25) is 5.91 Å². The molecule has 0 unspecified atom stereocenters. The fourth-order valence-electron chi connectivity index (χ4n) is 5.11. The Hall–Kier alpha value is -2.60. The minimum Gasteiger partial charge on any atom is -0.386 e. The van der Waals surface area contributed by atoms with Crippen molar-refractivity contribution in [3.05, 3.63) is 75.3 Å². The minimum atomic E-state index is 0.361. The summed E-state index contributed by atoms with van der Waals surface area (Å²) >= 11 is 3.47. The smallest absolute Gasteiger partial charge is 0.222 e. The number of rotatable bonds is 3. The van der Waals surface area contributed by atoms with Crippen LogP contribution in [0.3, 0.4) is 0 Å². The predicted octanol–water partition coefficient (Wildman–Crippen LogP) is 5.76. The van der Waals surface area contributed by atoms with Crippen LogP contribution in [0.15, 0.2) is 47.3 Å². The number of fused-ring (bicyclic) bond motifs is 2. The van der Waals surface area contributed by atoms with Crippen molar-refractivity contribution >= 4 is 34.0 Å². The lowest BCUT2D eigenvalue weighted by molar-refractivity contribution is -0.133. The molecule has 2 aromatic rings. The van der Waals surface area contributed by atoms with E-state index in [0.717, 1.165) is 62.0 Å². The molecule has 0 bridgehead atoms. The van der Waals surface area contributed by atoms with Crippen LogP contribution in [0.1, 0.15) is 66.5 Å². The number of carbonyl (C=O) groups excluding carboxylic acids is 1. The normalized spacial score (nSPS) is 17.5. The number of nitrogens with two attached hydrogens (primary N) is 1. The van der Waals surface area contributed by atoms with Gasteiger partial charge in [0, 0.05) is 49.7 Å². The summed E-state index contributed by atoms with van der Waals surface area (Å²) in [4.78, 5) is 20.8. The molecule has 186 valence electrons. The molecule has 1 aromatic carbocycles. The Bertz CT molecular complexity index is 1030. The fraction of sp³-hybridized carbons (Fsp3) is 0.448. The molecule has 2 N–H and O–H groups in total. The van der Waals surface area contributed by atoms with Crippen LogP contribution in [0.2, 0.25) is 0 Å². The molecule has 0 radical (unpaired) electrons. The van der Waals surface area contributed by atoms with E-state index < -0.39 is 0 Å². The van der Waals surface area contributed by atoms with Crippen molar-refractivity contribution in [3.63, 3.8) is 0 Å². The quantitative estimate of drug-likeness (QED) is 0.462. The summed E-state index contributed by atoms with van der Waals surface area (Å²) in [7, 11) is 0. The second kappa shape index (κ2) is 11.9. The van der Waals surface area contributed by atoms with Gasteiger partial charge in [0.05, 0.1) is 11.5 Å². The van der Waals surface area contributed by atoms with Crippen molar-refractivity contribution in [2.24, 2.45) is 11.7 Å².